The van der Waals surface area contributed by atoms with Crippen LogP contribution in [0.3, 0.4) is 0 Å². The highest BCUT2D eigenvalue weighted by Crippen LogP contribution is 2.54. The molecule has 0 radical (unpaired) electrons. The van der Waals surface area contributed by atoms with Crippen LogP contribution in [0.2, 0.25) is 0 Å². The fourth-order valence-electron chi connectivity index (χ4n) is 5.37. The zero-order chi connectivity index (χ0) is 27.2. The molecule has 0 bridgehead atoms. The van der Waals surface area contributed by atoms with Crippen molar-refractivity contribution in [3.63, 3.8) is 0 Å². The van der Waals surface area contributed by atoms with Gasteiger partial charge in [-0.2, -0.15) is 0 Å². The minimum Gasteiger partial charge on any atom is -0.504 e. The Morgan fingerprint density at radius 3 is 2.32 bits per heavy atom. The van der Waals surface area contributed by atoms with Crippen molar-refractivity contribution in [2.24, 2.45) is 5.92 Å². The smallest absolute Gasteiger partial charge is 0.229 e. The second kappa shape index (κ2) is 10.5. The van der Waals surface area contributed by atoms with Crippen molar-refractivity contribution in [3.05, 3.63) is 47.5 Å². The summed E-state index contributed by atoms with van der Waals surface area (Å²) in [5.74, 6) is 0.324. The number of aliphatic hydroxyl groups is 5. The Morgan fingerprint density at radius 2 is 1.61 bits per heavy atom. The molecule has 0 spiro atoms. The summed E-state index contributed by atoms with van der Waals surface area (Å²) in [4.78, 5) is 0. The van der Waals surface area contributed by atoms with Gasteiger partial charge in [-0.1, -0.05) is 12.1 Å². The molecule has 3 heterocycles. The highest BCUT2D eigenvalue weighted by molar-refractivity contribution is 5.46. The largest absolute Gasteiger partial charge is 0.504 e. The maximum atomic E-state index is 11.7. The number of aromatic hydroxyl groups is 1. The Kier molecular flexibility index (Phi) is 7.42. The Balaban J connectivity index is 1.36. The molecule has 3 aliphatic heterocycles. The SMILES string of the molecule is COc1cc([C@H]2OC[C@]3(O)[C@@H](c4ccc(O[C@@H]5O[C@H](CO)[C@@H](O)[C@H](O)[C@H]5O)c(OC)c4)OC[C@H]23)ccc1O. The fraction of sp³-hybridized carbons (Fsp3) is 0.538. The van der Waals surface area contributed by atoms with Gasteiger partial charge in [0.05, 0.1) is 40.1 Å². The molecule has 2 aromatic carbocycles. The van der Waals surface area contributed by atoms with E-state index in [1.165, 1.54) is 20.3 Å². The van der Waals surface area contributed by atoms with Crippen LogP contribution in [-0.4, -0.2) is 101 Å². The van der Waals surface area contributed by atoms with Gasteiger partial charge in [0.2, 0.25) is 6.29 Å². The number of rotatable bonds is 7. The number of benzene rings is 2. The van der Waals surface area contributed by atoms with Crippen LogP contribution >= 0.6 is 0 Å². The molecule has 0 aliphatic carbocycles. The van der Waals surface area contributed by atoms with Crippen LogP contribution in [0, 0.1) is 5.92 Å². The molecule has 3 fully saturated rings. The monoisotopic (exact) mass is 536 g/mol. The molecule has 2 aromatic rings. The average molecular weight is 537 g/mol. The average Bonchev–Trinajstić information content (AvgIpc) is 3.43. The first-order chi connectivity index (χ1) is 18.2. The van der Waals surface area contributed by atoms with Crippen LogP contribution in [0.4, 0.5) is 0 Å². The molecule has 12 nitrogen and oxygen atoms in total. The maximum Gasteiger partial charge on any atom is 0.229 e. The van der Waals surface area contributed by atoms with Gasteiger partial charge in [0.1, 0.15) is 36.1 Å². The van der Waals surface area contributed by atoms with E-state index in [-0.39, 0.29) is 30.5 Å². The van der Waals surface area contributed by atoms with Gasteiger partial charge < -0.3 is 59.1 Å². The van der Waals surface area contributed by atoms with Gasteiger partial charge in [0, 0.05) is 5.92 Å². The number of hydrogen-bond acceptors (Lipinski definition) is 12. The predicted molar refractivity (Wildman–Crippen MR) is 128 cm³/mol. The number of fused-ring (bicyclic) bond motifs is 1. The molecule has 0 aromatic heterocycles. The van der Waals surface area contributed by atoms with E-state index in [0.717, 1.165) is 5.56 Å². The third-order valence-corrected chi connectivity index (χ3v) is 7.51. The quantitative estimate of drug-likeness (QED) is 0.275. The van der Waals surface area contributed by atoms with Crippen LogP contribution in [0.5, 0.6) is 23.0 Å². The molecule has 9 atom stereocenters. The maximum absolute atomic E-state index is 11.7. The van der Waals surface area contributed by atoms with Gasteiger partial charge in [0.15, 0.2) is 23.0 Å². The number of phenols is 1. The van der Waals surface area contributed by atoms with Crippen LogP contribution < -0.4 is 14.2 Å². The number of methoxy groups -OCH3 is 2. The normalized spacial score (nSPS) is 36.6. The number of phenolic OH excluding ortho intramolecular Hbond substituents is 1. The summed E-state index contributed by atoms with van der Waals surface area (Å²) >= 11 is 0. The van der Waals surface area contributed by atoms with E-state index < -0.39 is 61.0 Å². The van der Waals surface area contributed by atoms with Gasteiger partial charge in [-0.3, -0.25) is 0 Å². The van der Waals surface area contributed by atoms with E-state index in [2.05, 4.69) is 0 Å². The molecule has 208 valence electrons. The van der Waals surface area contributed by atoms with Crippen molar-refractivity contribution in [3.8, 4) is 23.0 Å². The molecule has 0 amide bonds. The van der Waals surface area contributed by atoms with Crippen molar-refractivity contribution in [2.45, 2.75) is 48.5 Å². The van der Waals surface area contributed by atoms with E-state index in [9.17, 15) is 30.6 Å². The van der Waals surface area contributed by atoms with Gasteiger partial charge in [-0.05, 0) is 35.4 Å². The zero-order valence-electron chi connectivity index (χ0n) is 20.8. The third kappa shape index (κ3) is 4.46. The Morgan fingerprint density at radius 1 is 0.895 bits per heavy atom. The van der Waals surface area contributed by atoms with Gasteiger partial charge in [-0.15, -0.1) is 0 Å². The molecule has 0 saturated carbocycles. The number of aliphatic hydroxyl groups excluding tert-OH is 4. The fourth-order valence-corrected chi connectivity index (χ4v) is 5.37. The van der Waals surface area contributed by atoms with E-state index in [1.54, 1.807) is 30.3 Å². The topological polar surface area (TPSA) is 177 Å². The van der Waals surface area contributed by atoms with Gasteiger partial charge in [-0.25, -0.2) is 0 Å². The molecular formula is C26H32O12. The molecule has 3 aliphatic rings. The predicted octanol–water partition coefficient (Wildman–Crippen LogP) is -0.222. The summed E-state index contributed by atoms with van der Waals surface area (Å²) < 4.78 is 33.9. The summed E-state index contributed by atoms with van der Waals surface area (Å²) in [5.41, 5.74) is -0.00769. The molecular weight excluding hydrogens is 504 g/mol. The minimum absolute atomic E-state index is 0.00294. The van der Waals surface area contributed by atoms with E-state index in [0.29, 0.717) is 11.3 Å². The second-order valence-corrected chi connectivity index (χ2v) is 9.70. The van der Waals surface area contributed by atoms with E-state index >= 15 is 0 Å². The van der Waals surface area contributed by atoms with Crippen molar-refractivity contribution >= 4 is 0 Å². The standard InChI is InChI=1S/C26H32O12/c1-33-17-7-12(3-5-15(17)28)23-14-10-35-24(26(14,32)11-36-23)13-4-6-16(18(8-13)34-2)37-25-22(31)21(30)20(29)19(9-27)38-25/h3-8,14,19-25,27-32H,9-11H2,1-2H3/t14-,19-,20-,21+,22-,23-,24-,25-,26-/m1/s1. The van der Waals surface area contributed by atoms with Crippen LogP contribution in [0.1, 0.15) is 23.3 Å². The Labute approximate surface area is 218 Å². The van der Waals surface area contributed by atoms with E-state index in [4.69, 9.17) is 28.4 Å². The van der Waals surface area contributed by atoms with Crippen LogP contribution in [0.25, 0.3) is 0 Å². The third-order valence-electron chi connectivity index (χ3n) is 7.51. The minimum atomic E-state index is -1.59. The van der Waals surface area contributed by atoms with Gasteiger partial charge >= 0.3 is 0 Å². The van der Waals surface area contributed by atoms with Gasteiger partial charge in [0.25, 0.3) is 0 Å². The highest BCUT2D eigenvalue weighted by atomic mass is 16.7. The Bertz CT molecular complexity index is 1140. The first-order valence-corrected chi connectivity index (χ1v) is 12.2. The number of ether oxygens (including phenoxy) is 6. The molecule has 5 rings (SSSR count). The second-order valence-electron chi connectivity index (χ2n) is 9.70. The lowest BCUT2D eigenvalue weighted by atomic mass is 9.81. The summed E-state index contributed by atoms with van der Waals surface area (Å²) in [5, 5.41) is 61.3. The van der Waals surface area contributed by atoms with Crippen molar-refractivity contribution in [2.75, 3.05) is 34.0 Å². The lowest BCUT2D eigenvalue weighted by Crippen LogP contribution is -2.60. The number of hydrogen-bond donors (Lipinski definition) is 6. The van der Waals surface area contributed by atoms with Crippen molar-refractivity contribution in [1.82, 2.24) is 0 Å². The lowest BCUT2D eigenvalue weighted by Gasteiger charge is -2.39. The zero-order valence-corrected chi connectivity index (χ0v) is 20.8. The summed E-state index contributed by atoms with van der Waals surface area (Å²) in [6, 6.07) is 9.75. The first kappa shape index (κ1) is 26.9. The molecule has 6 N–H and O–H groups in total. The molecule has 38 heavy (non-hydrogen) atoms. The molecule has 0 unspecified atom stereocenters. The molecule has 3 saturated heterocycles. The van der Waals surface area contributed by atoms with Crippen molar-refractivity contribution < 1.29 is 59.1 Å². The molecule has 12 heteroatoms. The Hall–Kier alpha value is -2.68. The van der Waals surface area contributed by atoms with Crippen LogP contribution in [-0.2, 0) is 14.2 Å². The lowest BCUT2D eigenvalue weighted by molar-refractivity contribution is -0.277. The summed E-state index contributed by atoms with van der Waals surface area (Å²) in [6.45, 7) is -0.346. The summed E-state index contributed by atoms with van der Waals surface area (Å²) in [7, 11) is 2.87. The van der Waals surface area contributed by atoms with E-state index in [1.807, 2.05) is 0 Å². The highest BCUT2D eigenvalue weighted by Gasteiger charge is 2.59. The first-order valence-electron chi connectivity index (χ1n) is 12.2. The summed E-state index contributed by atoms with van der Waals surface area (Å²) in [6.07, 6.45) is -8.39. The van der Waals surface area contributed by atoms with Crippen LogP contribution in [0.15, 0.2) is 36.4 Å². The van der Waals surface area contributed by atoms with Crippen molar-refractivity contribution in [1.29, 1.82) is 0 Å².